The Labute approximate surface area is 80.2 Å². The standard InChI is InChI=1S/C12H17N/c1-9-3-6-12(10(2)7-9)13-8-11-4-5-11/h3,6-7,11,13H,4-5,8H2,1-2H3. The fourth-order valence-corrected chi connectivity index (χ4v) is 1.59. The minimum atomic E-state index is 0.945. The molecule has 0 atom stereocenters. The minimum Gasteiger partial charge on any atom is -0.385 e. The third kappa shape index (κ3) is 2.24. The van der Waals surface area contributed by atoms with Crippen molar-refractivity contribution in [3.63, 3.8) is 0 Å². The molecule has 1 aromatic rings. The number of hydrogen-bond acceptors (Lipinski definition) is 1. The molecule has 0 amide bonds. The summed E-state index contributed by atoms with van der Waals surface area (Å²) in [6, 6.07) is 6.59. The van der Waals surface area contributed by atoms with E-state index in [4.69, 9.17) is 0 Å². The van der Waals surface area contributed by atoms with E-state index in [1.165, 1.54) is 29.7 Å². The maximum Gasteiger partial charge on any atom is 0.0370 e. The van der Waals surface area contributed by atoms with Crippen LogP contribution >= 0.6 is 0 Å². The molecule has 0 spiro atoms. The average molecular weight is 175 g/mol. The largest absolute Gasteiger partial charge is 0.385 e. The lowest BCUT2D eigenvalue weighted by Gasteiger charge is -2.09. The fourth-order valence-electron chi connectivity index (χ4n) is 1.59. The van der Waals surface area contributed by atoms with Crippen LogP contribution in [-0.2, 0) is 0 Å². The predicted octanol–water partition coefficient (Wildman–Crippen LogP) is 3.13. The molecule has 1 heteroatoms. The van der Waals surface area contributed by atoms with E-state index in [1.54, 1.807) is 0 Å². The van der Waals surface area contributed by atoms with Crippen molar-refractivity contribution < 1.29 is 0 Å². The summed E-state index contributed by atoms with van der Waals surface area (Å²) in [5, 5.41) is 3.50. The van der Waals surface area contributed by atoms with Crippen molar-refractivity contribution in [2.24, 2.45) is 5.92 Å². The molecule has 0 heterocycles. The molecule has 13 heavy (non-hydrogen) atoms. The van der Waals surface area contributed by atoms with E-state index in [9.17, 15) is 0 Å². The number of hydrogen-bond donors (Lipinski definition) is 1. The minimum absolute atomic E-state index is 0.945. The molecular formula is C12H17N. The first-order valence-electron chi connectivity index (χ1n) is 5.07. The lowest BCUT2D eigenvalue weighted by molar-refractivity contribution is 0.888. The van der Waals surface area contributed by atoms with Gasteiger partial charge >= 0.3 is 0 Å². The monoisotopic (exact) mass is 175 g/mol. The van der Waals surface area contributed by atoms with Crippen molar-refractivity contribution in [2.45, 2.75) is 26.7 Å². The van der Waals surface area contributed by atoms with Crippen LogP contribution in [0.15, 0.2) is 18.2 Å². The average Bonchev–Trinajstić information content (AvgIpc) is 2.86. The van der Waals surface area contributed by atoms with Crippen molar-refractivity contribution in [2.75, 3.05) is 11.9 Å². The zero-order valence-corrected chi connectivity index (χ0v) is 8.43. The zero-order valence-electron chi connectivity index (χ0n) is 8.43. The van der Waals surface area contributed by atoms with E-state index in [2.05, 4.69) is 37.4 Å². The van der Waals surface area contributed by atoms with Crippen molar-refractivity contribution in [1.29, 1.82) is 0 Å². The molecule has 0 aliphatic heterocycles. The summed E-state index contributed by atoms with van der Waals surface area (Å²) in [7, 11) is 0. The summed E-state index contributed by atoms with van der Waals surface area (Å²) >= 11 is 0. The van der Waals surface area contributed by atoms with Gasteiger partial charge in [-0.3, -0.25) is 0 Å². The summed E-state index contributed by atoms with van der Waals surface area (Å²) < 4.78 is 0. The van der Waals surface area contributed by atoms with Gasteiger partial charge in [-0.2, -0.15) is 0 Å². The van der Waals surface area contributed by atoms with E-state index >= 15 is 0 Å². The second-order valence-electron chi connectivity index (χ2n) is 4.14. The van der Waals surface area contributed by atoms with Gasteiger partial charge < -0.3 is 5.32 Å². The number of nitrogens with one attached hydrogen (secondary N) is 1. The van der Waals surface area contributed by atoms with E-state index in [0.717, 1.165) is 12.5 Å². The van der Waals surface area contributed by atoms with Crippen LogP contribution in [0.1, 0.15) is 24.0 Å². The first-order chi connectivity index (χ1) is 6.25. The molecule has 1 aliphatic carbocycles. The maximum absolute atomic E-state index is 3.50. The van der Waals surface area contributed by atoms with Crippen LogP contribution < -0.4 is 5.32 Å². The summed E-state index contributed by atoms with van der Waals surface area (Å²) in [5.74, 6) is 0.945. The lowest BCUT2D eigenvalue weighted by Crippen LogP contribution is -2.04. The van der Waals surface area contributed by atoms with Gasteiger partial charge in [0.25, 0.3) is 0 Å². The second kappa shape index (κ2) is 3.41. The van der Waals surface area contributed by atoms with Crippen LogP contribution in [0.2, 0.25) is 0 Å². The first-order valence-corrected chi connectivity index (χ1v) is 5.07. The van der Waals surface area contributed by atoms with Crippen molar-refractivity contribution in [3.05, 3.63) is 29.3 Å². The molecule has 0 unspecified atom stereocenters. The Morgan fingerprint density at radius 3 is 2.69 bits per heavy atom. The Morgan fingerprint density at radius 1 is 1.31 bits per heavy atom. The Hall–Kier alpha value is -0.980. The lowest BCUT2D eigenvalue weighted by atomic mass is 10.1. The third-order valence-corrected chi connectivity index (χ3v) is 2.66. The normalized spacial score (nSPS) is 15.8. The van der Waals surface area contributed by atoms with E-state index in [0.29, 0.717) is 0 Å². The van der Waals surface area contributed by atoms with E-state index < -0.39 is 0 Å². The Kier molecular flexibility index (Phi) is 2.26. The van der Waals surface area contributed by atoms with Crippen LogP contribution in [-0.4, -0.2) is 6.54 Å². The van der Waals surface area contributed by atoms with Crippen LogP contribution in [0.5, 0.6) is 0 Å². The summed E-state index contributed by atoms with van der Waals surface area (Å²) in [4.78, 5) is 0. The van der Waals surface area contributed by atoms with Crippen LogP contribution in [0, 0.1) is 19.8 Å². The molecule has 1 fully saturated rings. The van der Waals surface area contributed by atoms with Crippen LogP contribution in [0.25, 0.3) is 0 Å². The van der Waals surface area contributed by atoms with Gasteiger partial charge in [-0.25, -0.2) is 0 Å². The molecule has 70 valence electrons. The highest BCUT2D eigenvalue weighted by molar-refractivity contribution is 5.51. The van der Waals surface area contributed by atoms with Crippen molar-refractivity contribution in [1.82, 2.24) is 0 Å². The summed E-state index contributed by atoms with van der Waals surface area (Å²) in [6.07, 6.45) is 2.83. The first kappa shape index (κ1) is 8.61. The predicted molar refractivity (Wildman–Crippen MR) is 57.1 cm³/mol. The molecule has 1 aromatic carbocycles. The quantitative estimate of drug-likeness (QED) is 0.744. The van der Waals surface area contributed by atoms with Gasteiger partial charge in [0.1, 0.15) is 0 Å². The van der Waals surface area contributed by atoms with Gasteiger partial charge in [-0.05, 0) is 44.2 Å². The highest BCUT2D eigenvalue weighted by Gasteiger charge is 2.20. The van der Waals surface area contributed by atoms with Gasteiger partial charge in [-0.1, -0.05) is 17.7 Å². The number of benzene rings is 1. The molecule has 0 bridgehead atoms. The molecule has 1 aliphatic rings. The number of anilines is 1. The Bertz CT molecular complexity index is 300. The Morgan fingerprint density at radius 2 is 2.08 bits per heavy atom. The topological polar surface area (TPSA) is 12.0 Å². The molecular weight excluding hydrogens is 158 g/mol. The summed E-state index contributed by atoms with van der Waals surface area (Å²) in [5.41, 5.74) is 4.01. The Balaban J connectivity index is 2.01. The SMILES string of the molecule is Cc1ccc(NCC2CC2)c(C)c1. The zero-order chi connectivity index (χ0) is 9.26. The van der Waals surface area contributed by atoms with E-state index in [1.807, 2.05) is 0 Å². The molecule has 1 nitrogen and oxygen atoms in total. The van der Waals surface area contributed by atoms with Gasteiger partial charge in [0.2, 0.25) is 0 Å². The fraction of sp³-hybridized carbons (Fsp3) is 0.500. The highest BCUT2D eigenvalue weighted by Crippen LogP contribution is 2.29. The van der Waals surface area contributed by atoms with Crippen LogP contribution in [0.4, 0.5) is 5.69 Å². The molecule has 0 radical (unpaired) electrons. The summed E-state index contributed by atoms with van der Waals surface area (Å²) in [6.45, 7) is 5.46. The van der Waals surface area contributed by atoms with Gasteiger partial charge in [0, 0.05) is 12.2 Å². The van der Waals surface area contributed by atoms with Gasteiger partial charge in [-0.15, -0.1) is 0 Å². The van der Waals surface area contributed by atoms with Crippen LogP contribution in [0.3, 0.4) is 0 Å². The molecule has 0 aromatic heterocycles. The maximum atomic E-state index is 3.50. The smallest absolute Gasteiger partial charge is 0.0370 e. The van der Waals surface area contributed by atoms with Gasteiger partial charge in [0.05, 0.1) is 0 Å². The highest BCUT2D eigenvalue weighted by atomic mass is 14.9. The third-order valence-electron chi connectivity index (χ3n) is 2.66. The molecule has 0 saturated heterocycles. The number of aryl methyl sites for hydroxylation is 2. The molecule has 1 N–H and O–H groups in total. The van der Waals surface area contributed by atoms with E-state index in [-0.39, 0.29) is 0 Å². The van der Waals surface area contributed by atoms with Gasteiger partial charge in [0.15, 0.2) is 0 Å². The second-order valence-corrected chi connectivity index (χ2v) is 4.14. The molecule has 2 rings (SSSR count). The van der Waals surface area contributed by atoms with Crippen molar-refractivity contribution in [3.8, 4) is 0 Å². The molecule has 1 saturated carbocycles. The number of rotatable bonds is 3. The van der Waals surface area contributed by atoms with Crippen molar-refractivity contribution >= 4 is 5.69 Å².